The van der Waals surface area contributed by atoms with Gasteiger partial charge in [0, 0.05) is 33.0 Å². The molecular weight excluding hydrogens is 490 g/mol. The van der Waals surface area contributed by atoms with Crippen LogP contribution in [0.15, 0.2) is 78.0 Å². The van der Waals surface area contributed by atoms with Gasteiger partial charge in [0.2, 0.25) is 5.91 Å². The Morgan fingerprint density at radius 3 is 2.26 bits per heavy atom. The molecule has 4 rings (SSSR count). The molecule has 1 N–H and O–H groups in total. The van der Waals surface area contributed by atoms with Gasteiger partial charge in [-0.25, -0.2) is 0 Å². The number of hydrogen-bond donors (Lipinski definition) is 1. The number of carbonyl (C=O) groups excluding carboxylic acids is 2. The first kappa shape index (κ1) is 27.7. The summed E-state index contributed by atoms with van der Waals surface area (Å²) in [5.41, 5.74) is 4.26. The average Bonchev–Trinajstić information content (AvgIpc) is 2.95. The van der Waals surface area contributed by atoms with Crippen LogP contribution in [0.4, 0.5) is 0 Å². The van der Waals surface area contributed by atoms with Gasteiger partial charge in [0.25, 0.3) is 5.91 Å². The summed E-state index contributed by atoms with van der Waals surface area (Å²) in [4.78, 5) is 37.5. The van der Waals surface area contributed by atoms with Crippen LogP contribution in [0, 0.1) is 5.41 Å². The van der Waals surface area contributed by atoms with Gasteiger partial charge in [-0.3, -0.25) is 19.6 Å². The smallest absolute Gasteiger partial charge is 0.269 e. The molecule has 202 valence electrons. The van der Waals surface area contributed by atoms with E-state index in [1.54, 1.807) is 38.6 Å². The number of nitrogens with one attached hydrogen (secondary N) is 1. The Balaban J connectivity index is 1.57. The normalized spacial score (nSPS) is 14.1. The predicted octanol–water partition coefficient (Wildman–Crippen LogP) is 4.31. The Labute approximate surface area is 229 Å². The van der Waals surface area contributed by atoms with Crippen LogP contribution in [0.25, 0.3) is 0 Å². The van der Waals surface area contributed by atoms with Crippen LogP contribution in [0.5, 0.6) is 5.75 Å². The molecule has 1 atom stereocenters. The molecule has 8 heteroatoms. The number of likely N-dealkylation sites (N-methyl/N-ethyl adjacent to an activating group) is 1. The molecular formula is C31H35N5O3. The molecule has 2 aromatic carbocycles. The Hall–Kier alpha value is -4.33. The van der Waals surface area contributed by atoms with Crippen molar-refractivity contribution in [1.29, 1.82) is 5.41 Å². The van der Waals surface area contributed by atoms with Crippen LogP contribution >= 0.6 is 0 Å². The minimum atomic E-state index is -0.699. The third kappa shape index (κ3) is 6.76. The van der Waals surface area contributed by atoms with Gasteiger partial charge in [-0.15, -0.1) is 0 Å². The number of hydrogen-bond acceptors (Lipinski definition) is 6. The number of pyridine rings is 1. The van der Waals surface area contributed by atoms with E-state index >= 15 is 0 Å². The lowest BCUT2D eigenvalue weighted by Crippen LogP contribution is -2.49. The Kier molecular flexibility index (Phi) is 8.86. The molecule has 39 heavy (non-hydrogen) atoms. The first-order valence-corrected chi connectivity index (χ1v) is 13.1. The van der Waals surface area contributed by atoms with Crippen molar-refractivity contribution in [3.63, 3.8) is 0 Å². The first-order chi connectivity index (χ1) is 18.7. The van der Waals surface area contributed by atoms with Gasteiger partial charge in [0.1, 0.15) is 24.6 Å². The highest BCUT2D eigenvalue weighted by molar-refractivity contribution is 6.46. The molecule has 2 amide bonds. The van der Waals surface area contributed by atoms with Crippen molar-refractivity contribution in [2.45, 2.75) is 32.3 Å². The summed E-state index contributed by atoms with van der Waals surface area (Å²) in [6.07, 6.45) is 3.25. The van der Waals surface area contributed by atoms with Crippen LogP contribution in [-0.4, -0.2) is 71.8 Å². The zero-order chi connectivity index (χ0) is 27.9. The van der Waals surface area contributed by atoms with Gasteiger partial charge in [-0.1, -0.05) is 50.2 Å². The monoisotopic (exact) mass is 525 g/mol. The summed E-state index contributed by atoms with van der Waals surface area (Å²) in [6, 6.07) is 19.4. The Morgan fingerprint density at radius 1 is 1.00 bits per heavy atom. The van der Waals surface area contributed by atoms with E-state index in [4.69, 9.17) is 10.1 Å². The van der Waals surface area contributed by atoms with Gasteiger partial charge in [0.05, 0.1) is 18.2 Å². The standard InChI is InChI=1S/C31H35N5O3/c1-21(2)23-7-5-22(6-8-23)20-39-26-11-9-24(10-12-26)28(29(32)25-13-15-33-16-14-25)30-31(38)36(18-17-34-30)19-27(37)35(3)4/h5-16,21,28,32H,17-20H2,1-4H3. The SMILES string of the molecule is CC(C)c1ccc(COc2ccc(C(C(=N)c3ccncc3)C3=NCCN(CC(=O)N(C)C)C3=O)cc2)cc1. The van der Waals surface area contributed by atoms with Gasteiger partial charge in [-0.05, 0) is 52.4 Å². The number of rotatable bonds is 10. The summed E-state index contributed by atoms with van der Waals surface area (Å²) in [7, 11) is 3.33. The number of nitrogens with zero attached hydrogens (tertiary/aromatic N) is 4. The lowest BCUT2D eigenvalue weighted by molar-refractivity contribution is -0.135. The molecule has 1 aliphatic rings. The molecule has 0 fully saturated rings. The molecule has 0 radical (unpaired) electrons. The number of benzene rings is 2. The average molecular weight is 526 g/mol. The molecule has 0 saturated carbocycles. The second kappa shape index (κ2) is 12.5. The van der Waals surface area contributed by atoms with Crippen LogP contribution in [0.1, 0.15) is 47.9 Å². The number of carbonyl (C=O) groups is 2. The highest BCUT2D eigenvalue weighted by Gasteiger charge is 2.35. The van der Waals surface area contributed by atoms with Gasteiger partial charge in [-0.2, -0.15) is 0 Å². The van der Waals surface area contributed by atoms with Crippen molar-refractivity contribution in [2.75, 3.05) is 33.7 Å². The van der Waals surface area contributed by atoms with Crippen molar-refractivity contribution in [1.82, 2.24) is 14.8 Å². The topological polar surface area (TPSA) is 98.9 Å². The molecule has 0 saturated heterocycles. The van der Waals surface area contributed by atoms with Crippen LogP contribution < -0.4 is 4.74 Å². The molecule has 1 aliphatic heterocycles. The van der Waals surface area contributed by atoms with Gasteiger partial charge in [0.15, 0.2) is 0 Å². The van der Waals surface area contributed by atoms with Crippen LogP contribution in [-0.2, 0) is 16.2 Å². The number of aromatic nitrogens is 1. The molecule has 0 spiro atoms. The van der Waals surface area contributed by atoms with Crippen molar-refractivity contribution < 1.29 is 14.3 Å². The lowest BCUT2D eigenvalue weighted by atomic mass is 9.85. The molecule has 0 bridgehead atoms. The second-order valence-corrected chi connectivity index (χ2v) is 10.1. The minimum Gasteiger partial charge on any atom is -0.489 e. The van der Waals surface area contributed by atoms with E-state index < -0.39 is 5.92 Å². The fourth-order valence-electron chi connectivity index (χ4n) is 4.37. The zero-order valence-electron chi connectivity index (χ0n) is 22.9. The second-order valence-electron chi connectivity index (χ2n) is 10.1. The molecule has 0 aliphatic carbocycles. The maximum absolute atomic E-state index is 13.5. The third-order valence-electron chi connectivity index (χ3n) is 6.80. The third-order valence-corrected chi connectivity index (χ3v) is 6.80. The maximum Gasteiger partial charge on any atom is 0.269 e. The molecule has 3 aromatic rings. The van der Waals surface area contributed by atoms with E-state index in [9.17, 15) is 9.59 Å². The van der Waals surface area contributed by atoms with E-state index in [1.807, 2.05) is 24.3 Å². The fourth-order valence-corrected chi connectivity index (χ4v) is 4.37. The van der Waals surface area contributed by atoms with Crippen molar-refractivity contribution in [3.8, 4) is 5.75 Å². The fraction of sp³-hybridized carbons (Fsp3) is 0.323. The van der Waals surface area contributed by atoms with Crippen LogP contribution in [0.2, 0.25) is 0 Å². The number of amides is 2. The van der Waals surface area contributed by atoms with E-state index in [2.05, 4.69) is 48.1 Å². The Morgan fingerprint density at radius 2 is 1.64 bits per heavy atom. The molecule has 1 unspecified atom stereocenters. The van der Waals surface area contributed by atoms with Crippen LogP contribution in [0.3, 0.4) is 0 Å². The minimum absolute atomic E-state index is 0.0227. The van der Waals surface area contributed by atoms with E-state index in [0.717, 1.165) is 11.1 Å². The summed E-state index contributed by atoms with van der Waals surface area (Å²) in [6.45, 7) is 5.49. The summed E-state index contributed by atoms with van der Waals surface area (Å²) < 4.78 is 6.01. The summed E-state index contributed by atoms with van der Waals surface area (Å²) in [5.74, 6) is -0.0190. The highest BCUT2D eigenvalue weighted by atomic mass is 16.5. The molecule has 1 aromatic heterocycles. The number of aliphatic imine (C=N–C) groups is 1. The summed E-state index contributed by atoms with van der Waals surface area (Å²) >= 11 is 0. The first-order valence-electron chi connectivity index (χ1n) is 13.1. The van der Waals surface area contributed by atoms with E-state index in [0.29, 0.717) is 36.9 Å². The quantitative estimate of drug-likeness (QED) is 0.399. The predicted molar refractivity (Wildman–Crippen MR) is 153 cm³/mol. The van der Waals surface area contributed by atoms with Crippen molar-refractivity contribution >= 4 is 23.2 Å². The lowest BCUT2D eigenvalue weighted by Gasteiger charge is -2.30. The molecule has 2 heterocycles. The van der Waals surface area contributed by atoms with Gasteiger partial charge < -0.3 is 19.9 Å². The van der Waals surface area contributed by atoms with E-state index in [-0.39, 0.29) is 29.8 Å². The highest BCUT2D eigenvalue weighted by Crippen LogP contribution is 2.27. The Bertz CT molecular complexity index is 1330. The van der Waals surface area contributed by atoms with Gasteiger partial charge >= 0.3 is 0 Å². The summed E-state index contributed by atoms with van der Waals surface area (Å²) in [5, 5.41) is 9.03. The van der Waals surface area contributed by atoms with Crippen molar-refractivity contribution in [2.24, 2.45) is 4.99 Å². The van der Waals surface area contributed by atoms with Crippen molar-refractivity contribution in [3.05, 3.63) is 95.3 Å². The molecule has 8 nitrogen and oxygen atoms in total. The largest absolute Gasteiger partial charge is 0.489 e. The van der Waals surface area contributed by atoms with E-state index in [1.165, 1.54) is 15.4 Å². The maximum atomic E-state index is 13.5. The number of ether oxygens (including phenoxy) is 1. The zero-order valence-corrected chi connectivity index (χ0v) is 22.9.